The maximum Gasteiger partial charge on any atom is 0.326 e. The minimum absolute atomic E-state index is 0.00784. The second kappa shape index (κ2) is 9.91. The van der Waals surface area contributed by atoms with Crippen molar-refractivity contribution < 1.29 is 0 Å². The summed E-state index contributed by atoms with van der Waals surface area (Å²) in [7, 11) is 0. The third-order valence-electron chi connectivity index (χ3n) is 7.96. The number of benzene rings is 3. The number of nitrogens with zero attached hydrogens (tertiary/aromatic N) is 5. The molecule has 0 atom stereocenters. The van der Waals surface area contributed by atoms with Gasteiger partial charge in [-0.3, -0.25) is 4.57 Å². The van der Waals surface area contributed by atoms with Crippen molar-refractivity contribution in [3.8, 4) is 22.5 Å². The lowest BCUT2D eigenvalue weighted by atomic mass is 9.82. The van der Waals surface area contributed by atoms with Gasteiger partial charge in [-0.1, -0.05) is 48.5 Å². The molecule has 0 radical (unpaired) electrons. The van der Waals surface area contributed by atoms with Crippen LogP contribution < -0.4 is 5.69 Å². The monoisotopic (exact) mass is 512 g/mol. The first kappa shape index (κ1) is 23.5. The fraction of sp³-hybridized carbons (Fsp3) is 0.219. The van der Waals surface area contributed by atoms with E-state index in [1.54, 1.807) is 12.4 Å². The number of aromatic nitrogens is 6. The number of nitrogens with one attached hydrogen (secondary N) is 1. The molecule has 7 nitrogen and oxygen atoms in total. The molecule has 0 bridgehead atoms. The fourth-order valence-corrected chi connectivity index (χ4v) is 6.00. The molecule has 0 unspecified atom stereocenters. The average molecular weight is 513 g/mol. The highest BCUT2D eigenvalue weighted by Crippen LogP contribution is 2.35. The molecule has 0 amide bonds. The highest BCUT2D eigenvalue weighted by Gasteiger charge is 2.25. The van der Waals surface area contributed by atoms with Crippen LogP contribution in [0.3, 0.4) is 0 Å². The van der Waals surface area contributed by atoms with Gasteiger partial charge in [0.2, 0.25) is 0 Å². The van der Waals surface area contributed by atoms with Gasteiger partial charge in [-0.15, -0.1) is 0 Å². The molecule has 39 heavy (non-hydrogen) atoms. The van der Waals surface area contributed by atoms with E-state index < -0.39 is 0 Å². The summed E-state index contributed by atoms with van der Waals surface area (Å²) in [5.41, 5.74) is 8.47. The van der Waals surface area contributed by atoms with Crippen molar-refractivity contribution in [1.29, 1.82) is 0 Å². The molecule has 6 aromatic rings. The summed E-state index contributed by atoms with van der Waals surface area (Å²) < 4.78 is 1.97. The molecule has 1 saturated carbocycles. The van der Waals surface area contributed by atoms with E-state index in [9.17, 15) is 4.79 Å². The third-order valence-corrected chi connectivity index (χ3v) is 7.96. The highest BCUT2D eigenvalue weighted by molar-refractivity contribution is 5.85. The number of rotatable bonds is 5. The van der Waals surface area contributed by atoms with Gasteiger partial charge in [0, 0.05) is 29.6 Å². The molecule has 1 fully saturated rings. The van der Waals surface area contributed by atoms with Gasteiger partial charge >= 0.3 is 5.69 Å². The van der Waals surface area contributed by atoms with Crippen LogP contribution in [0.1, 0.15) is 37.3 Å². The van der Waals surface area contributed by atoms with E-state index in [1.807, 2.05) is 53.1 Å². The number of imidazole rings is 1. The Hall–Kier alpha value is -4.65. The van der Waals surface area contributed by atoms with Crippen LogP contribution in [0.2, 0.25) is 0 Å². The van der Waals surface area contributed by atoms with Gasteiger partial charge in [0.05, 0.1) is 27.8 Å². The van der Waals surface area contributed by atoms with Crippen LogP contribution >= 0.6 is 0 Å². The Labute approximate surface area is 225 Å². The summed E-state index contributed by atoms with van der Waals surface area (Å²) >= 11 is 0. The Morgan fingerprint density at radius 2 is 1.38 bits per heavy atom. The number of H-pyrrole nitrogens is 1. The topological polar surface area (TPSA) is 89.4 Å². The van der Waals surface area contributed by atoms with Crippen LogP contribution in [-0.2, 0) is 6.42 Å². The zero-order chi connectivity index (χ0) is 26.2. The summed E-state index contributed by atoms with van der Waals surface area (Å²) in [4.78, 5) is 33.9. The van der Waals surface area contributed by atoms with Gasteiger partial charge in [-0.25, -0.2) is 24.7 Å². The summed E-state index contributed by atoms with van der Waals surface area (Å²) in [5, 5.41) is 0. The molecule has 3 aromatic carbocycles. The predicted octanol–water partition coefficient (Wildman–Crippen LogP) is 6.37. The normalized spacial score (nSPS) is 17.5. The Kier molecular flexibility index (Phi) is 5.96. The lowest BCUT2D eigenvalue weighted by molar-refractivity contribution is 0.274. The minimum atomic E-state index is 0.00784. The first-order chi connectivity index (χ1) is 19.2. The predicted molar refractivity (Wildman–Crippen MR) is 153 cm³/mol. The molecule has 1 N–H and O–H groups in total. The Morgan fingerprint density at radius 1 is 0.744 bits per heavy atom. The molecule has 1 aliphatic rings. The molecule has 0 aliphatic heterocycles. The zero-order valence-electron chi connectivity index (χ0n) is 21.5. The van der Waals surface area contributed by atoms with Crippen LogP contribution in [0.25, 0.3) is 44.6 Å². The standard InChI is InChI=1S/C32H28N6O/c39-32-37-28-7-3-4-8-29(28)38(32)25-15-11-22(12-16-25)17-21-9-13-23(14-10-21)30-31(24-18-33-20-34-19-24)36-27-6-2-1-5-26(27)35-30/h1-10,13-14,18-20,22,25H,11-12,15-17H2,(H,37,39). The van der Waals surface area contributed by atoms with E-state index in [1.165, 1.54) is 11.9 Å². The van der Waals surface area contributed by atoms with Crippen molar-refractivity contribution in [3.63, 3.8) is 0 Å². The number of hydrogen-bond donors (Lipinski definition) is 1. The number of aromatic amines is 1. The van der Waals surface area contributed by atoms with Crippen molar-refractivity contribution in [2.24, 2.45) is 5.92 Å². The molecule has 1 aliphatic carbocycles. The van der Waals surface area contributed by atoms with Crippen molar-refractivity contribution in [1.82, 2.24) is 29.5 Å². The molecule has 0 saturated heterocycles. The maximum absolute atomic E-state index is 12.6. The van der Waals surface area contributed by atoms with Gasteiger partial charge in [0.1, 0.15) is 12.0 Å². The van der Waals surface area contributed by atoms with Crippen LogP contribution in [0.4, 0.5) is 0 Å². The van der Waals surface area contributed by atoms with E-state index in [0.717, 1.165) is 76.7 Å². The van der Waals surface area contributed by atoms with Gasteiger partial charge in [0.15, 0.2) is 0 Å². The summed E-state index contributed by atoms with van der Waals surface area (Å²) in [6.07, 6.45) is 10.4. The molecular weight excluding hydrogens is 484 g/mol. The van der Waals surface area contributed by atoms with E-state index in [4.69, 9.17) is 9.97 Å². The number of fused-ring (bicyclic) bond motifs is 2. The van der Waals surface area contributed by atoms with Crippen molar-refractivity contribution in [2.75, 3.05) is 0 Å². The molecule has 0 spiro atoms. The molecule has 192 valence electrons. The van der Waals surface area contributed by atoms with Crippen molar-refractivity contribution >= 4 is 22.1 Å². The first-order valence-corrected chi connectivity index (χ1v) is 13.5. The zero-order valence-corrected chi connectivity index (χ0v) is 21.5. The van der Waals surface area contributed by atoms with Gasteiger partial charge in [-0.2, -0.15) is 0 Å². The van der Waals surface area contributed by atoms with Crippen LogP contribution in [0, 0.1) is 5.92 Å². The molecule has 3 heterocycles. The second-order valence-electron chi connectivity index (χ2n) is 10.4. The Morgan fingerprint density at radius 3 is 2.10 bits per heavy atom. The number of hydrogen-bond acceptors (Lipinski definition) is 5. The first-order valence-electron chi connectivity index (χ1n) is 13.5. The Bertz CT molecular complexity index is 1820. The fourth-order valence-electron chi connectivity index (χ4n) is 6.00. The maximum atomic E-state index is 12.6. The largest absolute Gasteiger partial charge is 0.326 e. The van der Waals surface area contributed by atoms with E-state index >= 15 is 0 Å². The minimum Gasteiger partial charge on any atom is -0.306 e. The van der Waals surface area contributed by atoms with Crippen LogP contribution in [-0.4, -0.2) is 29.5 Å². The van der Waals surface area contributed by atoms with Crippen molar-refractivity contribution in [2.45, 2.75) is 38.1 Å². The molecule has 3 aromatic heterocycles. The van der Waals surface area contributed by atoms with E-state index in [0.29, 0.717) is 5.92 Å². The van der Waals surface area contributed by atoms with Crippen LogP contribution in [0.5, 0.6) is 0 Å². The SMILES string of the molecule is O=c1[nH]c2ccccc2n1C1CCC(Cc2ccc(-c3nc4ccccc4nc3-c3cncnc3)cc2)CC1. The van der Waals surface area contributed by atoms with Crippen LogP contribution in [0.15, 0.2) is 96.3 Å². The highest BCUT2D eigenvalue weighted by atomic mass is 16.1. The van der Waals surface area contributed by atoms with Crippen molar-refractivity contribution in [3.05, 3.63) is 108 Å². The summed E-state index contributed by atoms with van der Waals surface area (Å²) in [5.74, 6) is 0.616. The Balaban J connectivity index is 1.10. The molecular formula is C32H28N6O. The smallest absolute Gasteiger partial charge is 0.306 e. The lowest BCUT2D eigenvalue weighted by Crippen LogP contribution is -2.26. The summed E-state index contributed by atoms with van der Waals surface area (Å²) in [6, 6.07) is 24.9. The average Bonchev–Trinajstić information content (AvgIpc) is 3.33. The van der Waals surface area contributed by atoms with Gasteiger partial charge in [0.25, 0.3) is 0 Å². The third kappa shape index (κ3) is 4.50. The summed E-state index contributed by atoms with van der Waals surface area (Å²) in [6.45, 7) is 0. The van der Waals surface area contributed by atoms with Gasteiger partial charge < -0.3 is 4.98 Å². The van der Waals surface area contributed by atoms with E-state index in [2.05, 4.69) is 39.2 Å². The van der Waals surface area contributed by atoms with Gasteiger partial charge in [-0.05, 0) is 67.9 Å². The molecule has 7 heteroatoms. The molecule has 7 rings (SSSR count). The van der Waals surface area contributed by atoms with E-state index in [-0.39, 0.29) is 11.7 Å². The quantitative estimate of drug-likeness (QED) is 0.290. The lowest BCUT2D eigenvalue weighted by Gasteiger charge is -2.29. The number of para-hydroxylation sites is 4. The second-order valence-corrected chi connectivity index (χ2v) is 10.4.